The molecule has 1 heterocycles. The number of rotatable bonds is 9. The summed E-state index contributed by atoms with van der Waals surface area (Å²) in [6.07, 6.45) is 5.06. The van der Waals surface area contributed by atoms with Crippen LogP contribution < -0.4 is 14.8 Å². The van der Waals surface area contributed by atoms with Gasteiger partial charge in [0, 0.05) is 32.2 Å². The van der Waals surface area contributed by atoms with Crippen LogP contribution in [0.3, 0.4) is 0 Å². The number of benzene rings is 1. The summed E-state index contributed by atoms with van der Waals surface area (Å²) in [6.45, 7) is 9.34. The first kappa shape index (κ1) is 24.3. The molecule has 1 aromatic rings. The Bertz CT molecular complexity index is 469. The predicted octanol–water partition coefficient (Wildman–Crippen LogP) is 4.46. The molecule has 1 atom stereocenters. The molecule has 4 nitrogen and oxygen atoms in total. The zero-order valence-corrected chi connectivity index (χ0v) is 17.4. The Kier molecular flexibility index (Phi) is 13.1. The fourth-order valence-corrected chi connectivity index (χ4v) is 3.31. The summed E-state index contributed by atoms with van der Waals surface area (Å²) in [4.78, 5) is 2.61. The van der Waals surface area contributed by atoms with E-state index in [1.165, 1.54) is 31.2 Å². The second-order valence-electron chi connectivity index (χ2n) is 6.14. The summed E-state index contributed by atoms with van der Waals surface area (Å²) in [5, 5.41) is 3.45. The molecule has 1 aliphatic heterocycles. The van der Waals surface area contributed by atoms with Crippen molar-refractivity contribution in [2.75, 3.05) is 39.9 Å². The van der Waals surface area contributed by atoms with Crippen LogP contribution in [-0.4, -0.2) is 44.8 Å². The second-order valence-corrected chi connectivity index (χ2v) is 6.14. The van der Waals surface area contributed by atoms with Crippen LogP contribution in [0.1, 0.15) is 51.1 Å². The molecule has 0 spiro atoms. The monoisotopic (exact) mass is 392 g/mol. The molecule has 0 unspecified atom stereocenters. The molecule has 0 aliphatic carbocycles. The largest absolute Gasteiger partial charge is 0.493 e. The van der Waals surface area contributed by atoms with Gasteiger partial charge in [-0.1, -0.05) is 32.3 Å². The molecule has 0 amide bonds. The number of hydrogen-bond donors (Lipinski definition) is 1. The fraction of sp³-hybridized carbons (Fsp3) is 0.684. The van der Waals surface area contributed by atoms with E-state index in [9.17, 15) is 0 Å². The van der Waals surface area contributed by atoms with Gasteiger partial charge in [-0.15, -0.1) is 24.8 Å². The number of piperazine rings is 1. The zero-order chi connectivity index (χ0) is 16.5. The predicted molar refractivity (Wildman–Crippen MR) is 110 cm³/mol. The van der Waals surface area contributed by atoms with Crippen LogP contribution in [0.15, 0.2) is 18.2 Å². The van der Waals surface area contributed by atoms with Gasteiger partial charge in [-0.2, -0.15) is 0 Å². The molecule has 2 rings (SSSR count). The summed E-state index contributed by atoms with van der Waals surface area (Å²) in [5.74, 6) is 1.69. The van der Waals surface area contributed by atoms with Crippen molar-refractivity contribution in [2.45, 2.75) is 45.6 Å². The first-order chi connectivity index (χ1) is 11.3. The Labute approximate surface area is 165 Å². The minimum absolute atomic E-state index is 0. The van der Waals surface area contributed by atoms with E-state index in [0.29, 0.717) is 12.6 Å². The molecule has 146 valence electrons. The Morgan fingerprint density at radius 2 is 1.80 bits per heavy atom. The summed E-state index contributed by atoms with van der Waals surface area (Å²) in [6, 6.07) is 6.92. The first-order valence-electron chi connectivity index (χ1n) is 9.05. The molecule has 1 saturated heterocycles. The number of ether oxygens (including phenoxy) is 2. The van der Waals surface area contributed by atoms with Crippen molar-refractivity contribution < 1.29 is 9.47 Å². The lowest BCUT2D eigenvalue weighted by atomic mass is 9.97. The van der Waals surface area contributed by atoms with E-state index < -0.39 is 0 Å². The molecular weight excluding hydrogens is 359 g/mol. The average molecular weight is 393 g/mol. The van der Waals surface area contributed by atoms with Crippen LogP contribution in [-0.2, 0) is 0 Å². The van der Waals surface area contributed by atoms with Crippen molar-refractivity contribution in [3.8, 4) is 11.5 Å². The van der Waals surface area contributed by atoms with E-state index in [2.05, 4.69) is 35.3 Å². The normalized spacial score (nSPS) is 15.6. The van der Waals surface area contributed by atoms with Crippen LogP contribution in [0.5, 0.6) is 11.5 Å². The van der Waals surface area contributed by atoms with Crippen LogP contribution in [0.25, 0.3) is 0 Å². The number of methoxy groups -OCH3 is 1. The molecule has 1 fully saturated rings. The zero-order valence-electron chi connectivity index (χ0n) is 15.8. The maximum absolute atomic E-state index is 5.78. The van der Waals surface area contributed by atoms with Crippen LogP contribution in [0.4, 0.5) is 0 Å². The maximum atomic E-state index is 5.78. The first-order valence-corrected chi connectivity index (χ1v) is 9.05. The van der Waals surface area contributed by atoms with Gasteiger partial charge in [-0.3, -0.25) is 4.90 Å². The van der Waals surface area contributed by atoms with Gasteiger partial charge in [0.25, 0.3) is 0 Å². The highest BCUT2D eigenvalue weighted by atomic mass is 35.5. The highest BCUT2D eigenvalue weighted by Gasteiger charge is 2.23. The van der Waals surface area contributed by atoms with Gasteiger partial charge in [0.05, 0.1) is 13.7 Å². The van der Waals surface area contributed by atoms with Crippen molar-refractivity contribution in [1.82, 2.24) is 10.2 Å². The van der Waals surface area contributed by atoms with Crippen LogP contribution in [0, 0.1) is 0 Å². The topological polar surface area (TPSA) is 33.7 Å². The van der Waals surface area contributed by atoms with Crippen molar-refractivity contribution in [1.29, 1.82) is 0 Å². The van der Waals surface area contributed by atoms with E-state index in [1.807, 2.05) is 6.92 Å². The van der Waals surface area contributed by atoms with Gasteiger partial charge in [-0.05, 0) is 31.0 Å². The molecule has 1 aromatic carbocycles. The van der Waals surface area contributed by atoms with Gasteiger partial charge in [0.2, 0.25) is 0 Å². The summed E-state index contributed by atoms with van der Waals surface area (Å²) in [7, 11) is 1.70. The number of nitrogens with one attached hydrogen (secondary N) is 1. The molecule has 0 saturated carbocycles. The van der Waals surface area contributed by atoms with E-state index in [4.69, 9.17) is 9.47 Å². The fourth-order valence-electron chi connectivity index (χ4n) is 3.31. The highest BCUT2D eigenvalue weighted by molar-refractivity contribution is 5.85. The van der Waals surface area contributed by atoms with Crippen molar-refractivity contribution in [3.63, 3.8) is 0 Å². The number of nitrogens with zero attached hydrogens (tertiary/aromatic N) is 1. The summed E-state index contributed by atoms with van der Waals surface area (Å²) in [5.41, 5.74) is 1.35. The van der Waals surface area contributed by atoms with E-state index in [1.54, 1.807) is 7.11 Å². The van der Waals surface area contributed by atoms with Crippen molar-refractivity contribution >= 4 is 24.8 Å². The van der Waals surface area contributed by atoms with Gasteiger partial charge in [0.15, 0.2) is 11.5 Å². The molecule has 25 heavy (non-hydrogen) atoms. The Morgan fingerprint density at radius 1 is 1.08 bits per heavy atom. The molecule has 6 heteroatoms. The lowest BCUT2D eigenvalue weighted by molar-refractivity contribution is 0.162. The quantitative estimate of drug-likeness (QED) is 0.628. The molecule has 1 N–H and O–H groups in total. The molecule has 1 aliphatic rings. The van der Waals surface area contributed by atoms with Gasteiger partial charge < -0.3 is 14.8 Å². The Morgan fingerprint density at radius 3 is 2.40 bits per heavy atom. The Balaban J connectivity index is 0.00000288. The lowest BCUT2D eigenvalue weighted by Crippen LogP contribution is -2.45. The second kappa shape index (κ2) is 13.5. The third kappa shape index (κ3) is 7.22. The van der Waals surface area contributed by atoms with E-state index >= 15 is 0 Å². The van der Waals surface area contributed by atoms with Gasteiger partial charge in [-0.25, -0.2) is 0 Å². The SMILES string of the molecule is CCCCC[C@@H](c1ccc(OC)c(OCC)c1)N1CCNCC1.Cl.Cl. The van der Waals surface area contributed by atoms with Gasteiger partial charge in [0.1, 0.15) is 0 Å². The molecular formula is C19H34Cl2N2O2. The van der Waals surface area contributed by atoms with Crippen molar-refractivity contribution in [3.05, 3.63) is 23.8 Å². The van der Waals surface area contributed by atoms with E-state index in [0.717, 1.165) is 37.7 Å². The summed E-state index contributed by atoms with van der Waals surface area (Å²) < 4.78 is 11.2. The van der Waals surface area contributed by atoms with Crippen LogP contribution >= 0.6 is 24.8 Å². The van der Waals surface area contributed by atoms with Crippen LogP contribution in [0.2, 0.25) is 0 Å². The molecule has 0 radical (unpaired) electrons. The Hall–Kier alpha value is -0.680. The smallest absolute Gasteiger partial charge is 0.161 e. The highest BCUT2D eigenvalue weighted by Crippen LogP contribution is 2.34. The number of unbranched alkanes of at least 4 members (excludes halogenated alkanes) is 2. The standard InChI is InChI=1S/C19H32N2O2.2ClH/c1-4-6-7-8-17(21-13-11-20-12-14-21)16-9-10-18(22-3)19(15-16)23-5-2;;/h9-10,15,17,20H,4-8,11-14H2,1-3H3;2*1H/t17-;;/m0../s1. The average Bonchev–Trinajstić information content (AvgIpc) is 2.60. The van der Waals surface area contributed by atoms with Crippen molar-refractivity contribution in [2.24, 2.45) is 0 Å². The number of halogens is 2. The third-order valence-corrected chi connectivity index (χ3v) is 4.55. The minimum atomic E-state index is 0. The number of hydrogen-bond acceptors (Lipinski definition) is 4. The maximum Gasteiger partial charge on any atom is 0.161 e. The van der Waals surface area contributed by atoms with Gasteiger partial charge >= 0.3 is 0 Å². The molecule has 0 bridgehead atoms. The minimum Gasteiger partial charge on any atom is -0.493 e. The third-order valence-electron chi connectivity index (χ3n) is 4.55. The summed E-state index contributed by atoms with van der Waals surface area (Å²) >= 11 is 0. The van der Waals surface area contributed by atoms with E-state index in [-0.39, 0.29) is 24.8 Å². The lowest BCUT2D eigenvalue weighted by Gasteiger charge is -2.35. The molecule has 0 aromatic heterocycles.